The number of nitrogens with zero attached hydrogens (tertiary/aromatic N) is 4. The molecule has 4 aliphatic heterocycles. The van der Waals surface area contributed by atoms with Gasteiger partial charge in [-0.2, -0.15) is 5.10 Å². The van der Waals surface area contributed by atoms with Gasteiger partial charge in [0.05, 0.1) is 57.1 Å². The number of carbonyl (C=O) groups is 5. The molecule has 0 spiro atoms. The lowest BCUT2D eigenvalue weighted by Crippen LogP contribution is -2.52. The first kappa shape index (κ1) is 50.0. The van der Waals surface area contributed by atoms with Crippen molar-refractivity contribution < 1.29 is 51.7 Å². The molecule has 18 nitrogen and oxygen atoms in total. The van der Waals surface area contributed by atoms with Gasteiger partial charge >= 0.3 is 0 Å². The number of amides is 5. The van der Waals surface area contributed by atoms with Gasteiger partial charge in [-0.05, 0) is 91.4 Å². The molecule has 1 aromatic heterocycles. The van der Waals surface area contributed by atoms with Gasteiger partial charge in [-0.3, -0.25) is 34.4 Å². The highest BCUT2D eigenvalue weighted by molar-refractivity contribution is 6.11. The van der Waals surface area contributed by atoms with Crippen LogP contribution in [0.25, 0.3) is 10.9 Å². The van der Waals surface area contributed by atoms with Crippen LogP contribution in [0, 0.1) is 11.6 Å². The lowest BCUT2D eigenvalue weighted by Gasteiger charge is -2.36. The first-order chi connectivity index (χ1) is 35.1. The third kappa shape index (κ3) is 12.4. The van der Waals surface area contributed by atoms with E-state index in [-0.39, 0.29) is 55.7 Å². The van der Waals surface area contributed by atoms with Crippen LogP contribution in [0.15, 0.2) is 72.8 Å². The maximum Gasteiger partial charge on any atom is 0.258 e. The Morgan fingerprint density at radius 1 is 0.792 bits per heavy atom. The molecule has 0 radical (unpaired) electrons. The quantitative estimate of drug-likeness (QED) is 0.0472. The van der Waals surface area contributed by atoms with Crippen molar-refractivity contribution in [3.63, 3.8) is 0 Å². The Morgan fingerprint density at radius 3 is 2.31 bits per heavy atom. The average Bonchev–Trinajstić information content (AvgIpc) is 3.93. The van der Waals surface area contributed by atoms with Crippen LogP contribution in [-0.4, -0.2) is 147 Å². The zero-order valence-corrected chi connectivity index (χ0v) is 39.9. The lowest BCUT2D eigenvalue weighted by molar-refractivity contribution is -0.137. The number of halogens is 2. The van der Waals surface area contributed by atoms with Gasteiger partial charge in [-0.1, -0.05) is 12.1 Å². The molecule has 5 aromatic rings. The average molecular weight is 992 g/mol. The van der Waals surface area contributed by atoms with Crippen LogP contribution in [0.2, 0.25) is 0 Å². The molecule has 1 unspecified atom stereocenters. The number of rotatable bonds is 21. The summed E-state index contributed by atoms with van der Waals surface area (Å²) in [6, 6.07) is 19.6. The molecule has 3 saturated heterocycles. The van der Waals surface area contributed by atoms with Gasteiger partial charge in [0.15, 0.2) is 5.82 Å². The van der Waals surface area contributed by atoms with Crippen LogP contribution >= 0.6 is 0 Å². The Kier molecular flexibility index (Phi) is 16.3. The van der Waals surface area contributed by atoms with E-state index in [1.807, 2.05) is 41.3 Å². The Hall–Kier alpha value is -7.00. The molecule has 0 saturated carbocycles. The number of H-pyrrole nitrogens is 1. The van der Waals surface area contributed by atoms with Crippen LogP contribution < -0.4 is 26.2 Å². The van der Waals surface area contributed by atoms with Gasteiger partial charge in [0, 0.05) is 105 Å². The molecule has 5 heterocycles. The maximum absolute atomic E-state index is 14.0. The molecule has 1 atom stereocenters. The Labute approximate surface area is 415 Å². The van der Waals surface area contributed by atoms with Crippen molar-refractivity contribution >= 4 is 63.3 Å². The largest absolute Gasteiger partial charge is 0.382 e. The third-order valence-electron chi connectivity index (χ3n) is 13.4. The number of piperidine rings is 1. The monoisotopic (exact) mass is 991 g/mol. The number of carbonyl (C=O) groups excluding carboxylic acids is 5. The highest BCUT2D eigenvalue weighted by Gasteiger charge is 2.40. The highest BCUT2D eigenvalue weighted by Crippen LogP contribution is 2.33. The first-order valence-electron chi connectivity index (χ1n) is 24.5. The number of imide groups is 1. The van der Waals surface area contributed by atoms with E-state index in [4.69, 9.17) is 18.9 Å². The predicted molar refractivity (Wildman–Crippen MR) is 264 cm³/mol. The summed E-state index contributed by atoms with van der Waals surface area (Å²) < 4.78 is 50.4. The summed E-state index contributed by atoms with van der Waals surface area (Å²) in [6.45, 7) is 6.50. The molecule has 5 amide bonds. The number of aromatic amines is 1. The first-order valence-corrected chi connectivity index (χ1v) is 24.5. The van der Waals surface area contributed by atoms with E-state index in [9.17, 15) is 32.8 Å². The Balaban J connectivity index is 0.676. The van der Waals surface area contributed by atoms with Crippen molar-refractivity contribution in [2.45, 2.75) is 57.2 Å². The zero-order valence-electron chi connectivity index (χ0n) is 39.9. The second-order valence-corrected chi connectivity index (χ2v) is 18.2. The van der Waals surface area contributed by atoms with Gasteiger partial charge in [0.2, 0.25) is 17.7 Å². The fourth-order valence-electron chi connectivity index (χ4n) is 9.58. The number of nitrogens with one attached hydrogen (secondary N) is 5. The van der Waals surface area contributed by atoms with E-state index in [1.54, 1.807) is 18.2 Å². The molecular formula is C52H59F2N9O9. The van der Waals surface area contributed by atoms with Crippen LogP contribution in [0.4, 0.5) is 31.7 Å². The van der Waals surface area contributed by atoms with E-state index >= 15 is 0 Å². The number of aromatic nitrogens is 2. The minimum absolute atomic E-state index is 0.0195. The molecule has 3 fully saturated rings. The minimum atomic E-state index is -0.667. The summed E-state index contributed by atoms with van der Waals surface area (Å²) in [5.74, 6) is -2.25. The van der Waals surface area contributed by atoms with Crippen molar-refractivity contribution in [3.05, 3.63) is 112 Å². The second-order valence-electron chi connectivity index (χ2n) is 18.2. The number of anilines is 4. The Bertz CT molecular complexity index is 2760. The second kappa shape index (κ2) is 23.5. The summed E-state index contributed by atoms with van der Waals surface area (Å²) in [4.78, 5) is 69.8. The maximum atomic E-state index is 14.0. The molecule has 4 aliphatic rings. The number of hydrogen-bond donors (Lipinski definition) is 5. The number of ether oxygens (including phenoxy) is 4. The molecule has 4 aromatic carbocycles. The summed E-state index contributed by atoms with van der Waals surface area (Å²) in [7, 11) is 0. The zero-order chi connectivity index (χ0) is 50.0. The summed E-state index contributed by atoms with van der Waals surface area (Å²) in [5.41, 5.74) is 6.21. The molecule has 0 bridgehead atoms. The van der Waals surface area contributed by atoms with Crippen LogP contribution in [0.5, 0.6) is 0 Å². The standard InChI is InChI=1S/C52H59F2N9O9/c53-35-27-34(28-36(54)30-35)26-33-4-7-44-41(29-33)49(60-59-44)58-50(66)40-6-5-38(31-45(40)56-37-10-18-69-19-11-37)61-14-16-62(17-15-61)48(65)12-20-70-22-24-72-25-23-71-21-13-55-43-3-1-2-39-42(43)32-63(52(39)68)46-8-9-47(64)57-51(46)67/h1-7,27-31,37,46,55-56H,8-26,32H2,(H,57,64,67)(H2,58,59,60,66). The van der Waals surface area contributed by atoms with Crippen molar-refractivity contribution in [2.24, 2.45) is 0 Å². The van der Waals surface area contributed by atoms with Crippen molar-refractivity contribution in [2.75, 3.05) is 106 Å². The van der Waals surface area contributed by atoms with E-state index in [1.165, 1.54) is 17.0 Å². The minimum Gasteiger partial charge on any atom is -0.382 e. The van der Waals surface area contributed by atoms with Gasteiger partial charge in [-0.25, -0.2) is 8.78 Å². The van der Waals surface area contributed by atoms with Gasteiger partial charge in [-0.15, -0.1) is 0 Å². The molecule has 72 heavy (non-hydrogen) atoms. The number of piperazine rings is 1. The van der Waals surface area contributed by atoms with Crippen molar-refractivity contribution in [3.8, 4) is 0 Å². The van der Waals surface area contributed by atoms with E-state index in [2.05, 4.69) is 36.4 Å². The fraction of sp³-hybridized carbons (Fsp3) is 0.423. The Morgan fingerprint density at radius 2 is 1.54 bits per heavy atom. The number of benzene rings is 4. The number of fused-ring (bicyclic) bond motifs is 2. The van der Waals surface area contributed by atoms with Gasteiger partial charge in [0.1, 0.15) is 17.7 Å². The molecule has 9 rings (SSSR count). The predicted octanol–water partition coefficient (Wildman–Crippen LogP) is 5.24. The van der Waals surface area contributed by atoms with Gasteiger partial charge in [0.25, 0.3) is 11.8 Å². The van der Waals surface area contributed by atoms with E-state index in [0.717, 1.165) is 41.4 Å². The molecule has 0 aliphatic carbocycles. The van der Waals surface area contributed by atoms with Crippen molar-refractivity contribution in [1.29, 1.82) is 0 Å². The summed E-state index contributed by atoms with van der Waals surface area (Å²) in [5, 5.41) is 20.2. The van der Waals surface area contributed by atoms with Crippen LogP contribution in [0.1, 0.15) is 69.5 Å². The van der Waals surface area contributed by atoms with Gasteiger partial charge < -0.3 is 49.6 Å². The third-order valence-corrected chi connectivity index (χ3v) is 13.4. The lowest BCUT2D eigenvalue weighted by atomic mass is 10.0. The normalized spacial score (nSPS) is 17.3. The number of hydrogen-bond acceptors (Lipinski definition) is 13. The SMILES string of the molecule is O=C1CCC(N2Cc3c(NCCOCCOCCOCCC(=O)N4CCN(c5ccc(C(=O)Nc6n[nH]c7ccc(Cc8cc(F)cc(F)c8)cc67)c(NC6CCOCC6)c5)CC4)cccc3C2=O)C(=O)N1. The fourth-order valence-corrected chi connectivity index (χ4v) is 9.58. The van der Waals surface area contributed by atoms with Crippen LogP contribution in [-0.2, 0) is 46.3 Å². The molecular weight excluding hydrogens is 933 g/mol. The summed E-state index contributed by atoms with van der Waals surface area (Å²) >= 11 is 0. The topological polar surface area (TPSA) is 209 Å². The van der Waals surface area contributed by atoms with E-state index in [0.29, 0.717) is 131 Å². The summed E-state index contributed by atoms with van der Waals surface area (Å²) in [6.07, 6.45) is 2.65. The van der Waals surface area contributed by atoms with Crippen molar-refractivity contribution in [1.82, 2.24) is 25.3 Å². The van der Waals surface area contributed by atoms with E-state index < -0.39 is 23.6 Å². The molecule has 5 N–H and O–H groups in total. The smallest absolute Gasteiger partial charge is 0.258 e. The van der Waals surface area contributed by atoms with Crippen LogP contribution in [0.3, 0.4) is 0 Å². The molecule has 380 valence electrons. The molecule has 20 heteroatoms. The highest BCUT2D eigenvalue weighted by atomic mass is 19.1.